The number of sulfonamides is 1. The minimum absolute atomic E-state index is 0.0889. The van der Waals surface area contributed by atoms with E-state index in [9.17, 15) is 18.0 Å². The molecule has 0 unspecified atom stereocenters. The van der Waals surface area contributed by atoms with E-state index in [2.05, 4.69) is 24.6 Å². The molecular formula is C18H29N7O4S. The van der Waals surface area contributed by atoms with Crippen LogP contribution in [-0.4, -0.2) is 79.6 Å². The number of hydrogen-bond acceptors (Lipinski definition) is 9. The minimum atomic E-state index is -3.72. The third kappa shape index (κ3) is 5.85. The molecule has 2 fully saturated rings. The van der Waals surface area contributed by atoms with Gasteiger partial charge in [0.05, 0.1) is 12.3 Å². The Bertz CT molecular complexity index is 869. The summed E-state index contributed by atoms with van der Waals surface area (Å²) >= 11 is 0. The summed E-state index contributed by atoms with van der Waals surface area (Å²) in [5, 5.41) is 0. The number of carbonyl (C=O) groups is 2. The van der Waals surface area contributed by atoms with Gasteiger partial charge in [-0.3, -0.25) is 14.5 Å². The molecule has 12 heteroatoms. The molecule has 0 aliphatic carbocycles. The van der Waals surface area contributed by atoms with Gasteiger partial charge in [-0.15, -0.1) is 0 Å². The van der Waals surface area contributed by atoms with Crippen molar-refractivity contribution in [1.82, 2.24) is 24.6 Å². The van der Waals surface area contributed by atoms with Crippen LogP contribution in [-0.2, 0) is 26.2 Å². The zero-order valence-electron chi connectivity index (χ0n) is 17.5. The fourth-order valence-corrected chi connectivity index (χ4v) is 4.33. The van der Waals surface area contributed by atoms with Gasteiger partial charge in [-0.05, 0) is 25.7 Å². The second-order valence-corrected chi connectivity index (χ2v) is 9.65. The van der Waals surface area contributed by atoms with Gasteiger partial charge >= 0.3 is 0 Å². The van der Waals surface area contributed by atoms with Crippen LogP contribution in [0.1, 0.15) is 44.3 Å². The van der Waals surface area contributed by atoms with Crippen molar-refractivity contribution in [3.05, 3.63) is 5.82 Å². The highest BCUT2D eigenvalue weighted by Gasteiger charge is 2.27. The third-order valence-corrected chi connectivity index (χ3v) is 6.42. The quantitative estimate of drug-likeness (QED) is 0.551. The fourth-order valence-electron chi connectivity index (χ4n) is 3.42. The first-order valence-electron chi connectivity index (χ1n) is 10.2. The van der Waals surface area contributed by atoms with Crippen LogP contribution < -0.4 is 14.5 Å². The number of aromatic nitrogens is 3. The maximum atomic E-state index is 12.4. The molecule has 1 N–H and O–H groups in total. The zero-order chi connectivity index (χ0) is 21.7. The first-order valence-corrected chi connectivity index (χ1v) is 11.9. The van der Waals surface area contributed by atoms with E-state index >= 15 is 0 Å². The molecule has 0 saturated carbocycles. The SMILES string of the molecule is CN(C)c1nc(CNS(=O)(=O)CCN2C(=O)CCCC2=O)nc(N2CCCCC2)n1. The monoisotopic (exact) mass is 439 g/mol. The Morgan fingerprint density at radius 3 is 2.27 bits per heavy atom. The minimum Gasteiger partial charge on any atom is -0.347 e. The average Bonchev–Trinajstić information content (AvgIpc) is 2.72. The molecule has 11 nitrogen and oxygen atoms in total. The van der Waals surface area contributed by atoms with Gasteiger partial charge in [0.2, 0.25) is 33.7 Å². The molecular weight excluding hydrogens is 410 g/mol. The van der Waals surface area contributed by atoms with Crippen LogP contribution in [0, 0.1) is 0 Å². The summed E-state index contributed by atoms with van der Waals surface area (Å²) in [5.74, 6) is 0.343. The Kier molecular flexibility index (Phi) is 7.19. The zero-order valence-corrected chi connectivity index (χ0v) is 18.3. The van der Waals surface area contributed by atoms with Gasteiger partial charge in [0.15, 0.2) is 5.82 Å². The Balaban J connectivity index is 1.65. The second-order valence-electron chi connectivity index (χ2n) is 7.73. The van der Waals surface area contributed by atoms with Crippen molar-refractivity contribution in [2.75, 3.05) is 49.3 Å². The summed E-state index contributed by atoms with van der Waals surface area (Å²) in [4.78, 5) is 41.8. The number of nitrogens with one attached hydrogen (secondary N) is 1. The van der Waals surface area contributed by atoms with Crippen LogP contribution in [0.2, 0.25) is 0 Å². The van der Waals surface area contributed by atoms with Crippen molar-refractivity contribution in [3.63, 3.8) is 0 Å². The van der Waals surface area contributed by atoms with Gasteiger partial charge in [-0.25, -0.2) is 13.1 Å². The molecule has 2 saturated heterocycles. The predicted octanol–water partition coefficient (Wildman–Crippen LogP) is -0.114. The van der Waals surface area contributed by atoms with E-state index in [4.69, 9.17) is 0 Å². The fraction of sp³-hybridized carbons (Fsp3) is 0.722. The molecule has 3 heterocycles. The summed E-state index contributed by atoms with van der Waals surface area (Å²) in [7, 11) is -0.0898. The molecule has 2 amide bonds. The molecule has 0 spiro atoms. The number of nitrogens with zero attached hydrogens (tertiary/aromatic N) is 6. The standard InChI is InChI=1S/C18H29N7O4S/c1-23(2)17-20-14(21-18(22-17)24-9-4-3-5-10-24)13-19-30(28,29)12-11-25-15(26)7-6-8-16(25)27/h19H,3-13H2,1-2H3. The number of hydrogen-bond donors (Lipinski definition) is 1. The lowest BCUT2D eigenvalue weighted by molar-refractivity contribution is -0.147. The van der Waals surface area contributed by atoms with Crippen LogP contribution in [0.5, 0.6) is 0 Å². The largest absolute Gasteiger partial charge is 0.347 e. The topological polar surface area (TPSA) is 129 Å². The number of piperidine rings is 2. The van der Waals surface area contributed by atoms with Crippen molar-refractivity contribution >= 4 is 33.7 Å². The highest BCUT2D eigenvalue weighted by Crippen LogP contribution is 2.18. The number of anilines is 2. The van der Waals surface area contributed by atoms with Crippen LogP contribution in [0.25, 0.3) is 0 Å². The van der Waals surface area contributed by atoms with Crippen molar-refractivity contribution in [3.8, 4) is 0 Å². The highest BCUT2D eigenvalue weighted by atomic mass is 32.2. The van der Waals surface area contributed by atoms with E-state index in [1.807, 2.05) is 14.1 Å². The molecule has 0 radical (unpaired) electrons. The Hall–Kier alpha value is -2.34. The third-order valence-electron chi connectivity index (χ3n) is 5.11. The molecule has 166 valence electrons. The first kappa shape index (κ1) is 22.3. The van der Waals surface area contributed by atoms with Crippen LogP contribution >= 0.6 is 0 Å². The first-order chi connectivity index (χ1) is 14.2. The summed E-state index contributed by atoms with van der Waals surface area (Å²) in [5.41, 5.74) is 0. The normalized spacial score (nSPS) is 18.1. The highest BCUT2D eigenvalue weighted by molar-refractivity contribution is 7.89. The molecule has 30 heavy (non-hydrogen) atoms. The van der Waals surface area contributed by atoms with Gasteiger partial charge in [0.25, 0.3) is 0 Å². The van der Waals surface area contributed by atoms with E-state index in [1.54, 1.807) is 4.90 Å². The van der Waals surface area contributed by atoms with Crippen molar-refractivity contribution in [1.29, 1.82) is 0 Å². The van der Waals surface area contributed by atoms with Gasteiger partial charge in [0, 0.05) is 46.6 Å². The van der Waals surface area contributed by atoms with E-state index < -0.39 is 10.0 Å². The predicted molar refractivity (Wildman–Crippen MR) is 111 cm³/mol. The lowest BCUT2D eigenvalue weighted by Gasteiger charge is -2.27. The van der Waals surface area contributed by atoms with E-state index in [1.165, 1.54) is 6.42 Å². The summed E-state index contributed by atoms with van der Waals surface area (Å²) < 4.78 is 27.3. The number of rotatable bonds is 8. The molecule has 1 aromatic heterocycles. The van der Waals surface area contributed by atoms with E-state index in [0.29, 0.717) is 24.1 Å². The van der Waals surface area contributed by atoms with Crippen molar-refractivity contribution < 1.29 is 18.0 Å². The maximum Gasteiger partial charge on any atom is 0.230 e. The van der Waals surface area contributed by atoms with Crippen LogP contribution in [0.4, 0.5) is 11.9 Å². The Morgan fingerprint density at radius 2 is 1.63 bits per heavy atom. The molecule has 2 aliphatic rings. The van der Waals surface area contributed by atoms with Gasteiger partial charge in [0.1, 0.15) is 0 Å². The molecule has 0 bridgehead atoms. The number of carbonyl (C=O) groups excluding carboxylic acids is 2. The van der Waals surface area contributed by atoms with E-state index in [-0.39, 0.29) is 43.5 Å². The summed E-state index contributed by atoms with van der Waals surface area (Å²) in [6, 6.07) is 0. The molecule has 0 atom stereocenters. The van der Waals surface area contributed by atoms with E-state index in [0.717, 1.165) is 30.8 Å². The summed E-state index contributed by atoms with van der Waals surface area (Å²) in [6.45, 7) is 1.49. The molecule has 2 aliphatic heterocycles. The van der Waals surface area contributed by atoms with Gasteiger partial charge < -0.3 is 9.80 Å². The second kappa shape index (κ2) is 9.65. The van der Waals surface area contributed by atoms with Crippen molar-refractivity contribution in [2.24, 2.45) is 0 Å². The number of amides is 2. The van der Waals surface area contributed by atoms with Gasteiger partial charge in [-0.2, -0.15) is 15.0 Å². The van der Waals surface area contributed by atoms with Crippen molar-refractivity contribution in [2.45, 2.75) is 45.1 Å². The molecule has 3 rings (SSSR count). The smallest absolute Gasteiger partial charge is 0.230 e. The molecule has 1 aromatic rings. The number of imide groups is 1. The lowest BCUT2D eigenvalue weighted by atomic mass is 10.1. The Labute approximate surface area is 176 Å². The molecule has 0 aromatic carbocycles. The Morgan fingerprint density at radius 1 is 0.967 bits per heavy atom. The average molecular weight is 440 g/mol. The lowest BCUT2D eigenvalue weighted by Crippen LogP contribution is -2.44. The van der Waals surface area contributed by atoms with Crippen LogP contribution in [0.3, 0.4) is 0 Å². The number of likely N-dealkylation sites (tertiary alicyclic amines) is 1. The maximum absolute atomic E-state index is 12.4. The summed E-state index contributed by atoms with van der Waals surface area (Å²) in [6.07, 6.45) is 4.38. The van der Waals surface area contributed by atoms with Crippen LogP contribution in [0.15, 0.2) is 0 Å². The van der Waals surface area contributed by atoms with Gasteiger partial charge in [-0.1, -0.05) is 0 Å².